The predicted octanol–water partition coefficient (Wildman–Crippen LogP) is 2.76. The maximum Gasteiger partial charge on any atom is 0.233 e. The van der Waals surface area contributed by atoms with Gasteiger partial charge in [0.05, 0.1) is 18.0 Å². The van der Waals surface area contributed by atoms with Crippen LogP contribution in [0.3, 0.4) is 0 Å². The van der Waals surface area contributed by atoms with Crippen molar-refractivity contribution >= 4 is 17.7 Å². The molecular formula is C18H24N4O2S. The zero-order valence-corrected chi connectivity index (χ0v) is 15.7. The van der Waals surface area contributed by atoms with E-state index < -0.39 is 0 Å². The topological polar surface area (TPSA) is 71.1 Å². The van der Waals surface area contributed by atoms with Crippen molar-refractivity contribution in [3.05, 3.63) is 29.8 Å². The van der Waals surface area contributed by atoms with Crippen LogP contribution in [0.25, 0.3) is 11.4 Å². The molecule has 25 heavy (non-hydrogen) atoms. The fourth-order valence-corrected chi connectivity index (χ4v) is 3.64. The third-order valence-electron chi connectivity index (χ3n) is 4.20. The monoisotopic (exact) mass is 360 g/mol. The number of hydrogen-bond donors (Lipinski definition) is 1. The first-order chi connectivity index (χ1) is 12.0. The van der Waals surface area contributed by atoms with E-state index in [1.54, 1.807) is 0 Å². The Morgan fingerprint density at radius 2 is 1.96 bits per heavy atom. The van der Waals surface area contributed by atoms with Gasteiger partial charge in [0.15, 0.2) is 5.82 Å². The molecule has 0 aliphatic carbocycles. The second kappa shape index (κ2) is 8.01. The molecule has 3 rings (SSSR count). The number of aromatic amines is 1. The number of H-pyrrole nitrogens is 1. The van der Waals surface area contributed by atoms with Crippen LogP contribution >= 0.6 is 11.8 Å². The maximum absolute atomic E-state index is 12.4. The van der Waals surface area contributed by atoms with Crippen LogP contribution in [-0.4, -0.2) is 57.0 Å². The molecule has 1 fully saturated rings. The zero-order chi connectivity index (χ0) is 17.8. The van der Waals surface area contributed by atoms with Gasteiger partial charge in [0.1, 0.15) is 0 Å². The smallest absolute Gasteiger partial charge is 0.233 e. The summed E-state index contributed by atoms with van der Waals surface area (Å²) >= 11 is 1.36. The van der Waals surface area contributed by atoms with Gasteiger partial charge in [-0.05, 0) is 25.8 Å². The van der Waals surface area contributed by atoms with Crippen LogP contribution in [0.5, 0.6) is 0 Å². The average Bonchev–Trinajstić information content (AvgIpc) is 3.08. The minimum absolute atomic E-state index is 0.0823. The number of rotatable bonds is 5. The summed E-state index contributed by atoms with van der Waals surface area (Å²) in [5, 5.41) is 7.76. The summed E-state index contributed by atoms with van der Waals surface area (Å²) < 4.78 is 5.67. The summed E-state index contributed by atoms with van der Waals surface area (Å²) in [6.07, 6.45) is 1.18. The van der Waals surface area contributed by atoms with Crippen molar-refractivity contribution < 1.29 is 9.53 Å². The molecule has 0 bridgehead atoms. The Kier molecular flexibility index (Phi) is 5.75. The second-order valence-electron chi connectivity index (χ2n) is 6.36. The van der Waals surface area contributed by atoms with Crippen molar-refractivity contribution in [3.8, 4) is 11.4 Å². The molecule has 1 aromatic carbocycles. The van der Waals surface area contributed by atoms with Crippen LogP contribution in [0.1, 0.15) is 26.3 Å². The first kappa shape index (κ1) is 17.9. The average molecular weight is 360 g/mol. The highest BCUT2D eigenvalue weighted by Crippen LogP contribution is 2.21. The number of hydrogen-bond acceptors (Lipinski definition) is 5. The Bertz CT molecular complexity index is 706. The molecule has 134 valence electrons. The van der Waals surface area contributed by atoms with Crippen LogP contribution < -0.4 is 0 Å². The van der Waals surface area contributed by atoms with Gasteiger partial charge in [0.2, 0.25) is 11.1 Å². The van der Waals surface area contributed by atoms with Crippen LogP contribution in [0.15, 0.2) is 29.4 Å². The molecule has 0 spiro atoms. The fourth-order valence-electron chi connectivity index (χ4n) is 2.94. The number of benzene rings is 1. The Balaban J connectivity index is 1.57. The van der Waals surface area contributed by atoms with Gasteiger partial charge >= 0.3 is 0 Å². The van der Waals surface area contributed by atoms with Crippen molar-refractivity contribution in [3.63, 3.8) is 0 Å². The van der Waals surface area contributed by atoms with Gasteiger partial charge in [0, 0.05) is 18.7 Å². The van der Waals surface area contributed by atoms with E-state index in [2.05, 4.69) is 34.2 Å². The lowest BCUT2D eigenvalue weighted by Crippen LogP contribution is -2.48. The van der Waals surface area contributed by atoms with Crippen molar-refractivity contribution in [1.29, 1.82) is 0 Å². The molecule has 7 heteroatoms. The summed E-state index contributed by atoms with van der Waals surface area (Å²) in [6.45, 7) is 7.41. The van der Waals surface area contributed by atoms with Crippen molar-refractivity contribution in [1.82, 2.24) is 20.1 Å². The second-order valence-corrected chi connectivity index (χ2v) is 7.30. The van der Waals surface area contributed by atoms with Gasteiger partial charge in [0.25, 0.3) is 0 Å². The molecule has 1 aliphatic heterocycles. The highest BCUT2D eigenvalue weighted by Gasteiger charge is 2.25. The highest BCUT2D eigenvalue weighted by atomic mass is 32.2. The number of aromatic nitrogens is 3. The van der Waals surface area contributed by atoms with Gasteiger partial charge in [-0.3, -0.25) is 9.89 Å². The molecule has 6 nitrogen and oxygen atoms in total. The number of nitrogens with zero attached hydrogens (tertiary/aromatic N) is 3. The Morgan fingerprint density at radius 1 is 1.28 bits per heavy atom. The standard InChI is InChI=1S/C18H24N4O2S/c1-4-14-5-7-15(8-6-14)17-19-18(21-20-17)25-11-16(23)22-9-12(2)24-13(3)10-22/h5-8,12-13H,4,9-11H2,1-3H3,(H,19,20,21)/t12-,13+. The van der Waals surface area contributed by atoms with Gasteiger partial charge in [-0.1, -0.05) is 43.0 Å². The number of morpholine rings is 1. The summed E-state index contributed by atoms with van der Waals surface area (Å²) in [6, 6.07) is 8.26. The van der Waals surface area contributed by atoms with E-state index in [0.29, 0.717) is 24.0 Å². The minimum Gasteiger partial charge on any atom is -0.372 e. The predicted molar refractivity (Wildman–Crippen MR) is 98.5 cm³/mol. The molecule has 1 saturated heterocycles. The molecule has 0 saturated carbocycles. The molecule has 1 N–H and O–H groups in total. The number of carbonyl (C=O) groups excluding carboxylic acids is 1. The number of nitrogens with one attached hydrogen (secondary N) is 1. The Labute approximate surface area is 152 Å². The normalized spacial score (nSPS) is 20.7. The summed E-state index contributed by atoms with van der Waals surface area (Å²) in [7, 11) is 0. The molecular weight excluding hydrogens is 336 g/mol. The molecule has 1 aromatic heterocycles. The zero-order valence-electron chi connectivity index (χ0n) is 14.9. The number of ether oxygens (including phenoxy) is 1. The van der Waals surface area contributed by atoms with Crippen molar-refractivity contribution in [2.45, 2.75) is 44.6 Å². The first-order valence-electron chi connectivity index (χ1n) is 8.63. The first-order valence-corrected chi connectivity index (χ1v) is 9.61. The van der Waals surface area contributed by atoms with Crippen molar-refractivity contribution in [2.75, 3.05) is 18.8 Å². The van der Waals surface area contributed by atoms with E-state index in [4.69, 9.17) is 4.74 Å². The number of thioether (sulfide) groups is 1. The minimum atomic E-state index is 0.0823. The third-order valence-corrected chi connectivity index (χ3v) is 5.03. The number of aryl methyl sites for hydroxylation is 1. The molecule has 1 aliphatic rings. The van der Waals surface area contributed by atoms with E-state index in [0.717, 1.165) is 17.8 Å². The molecule has 2 heterocycles. The van der Waals surface area contributed by atoms with Crippen LogP contribution in [-0.2, 0) is 16.0 Å². The van der Waals surface area contributed by atoms with Gasteiger partial charge in [-0.2, -0.15) is 0 Å². The number of carbonyl (C=O) groups is 1. The van der Waals surface area contributed by atoms with Crippen molar-refractivity contribution in [2.24, 2.45) is 0 Å². The molecule has 2 aromatic rings. The van der Waals surface area contributed by atoms with Gasteiger partial charge in [-0.25, -0.2) is 4.98 Å². The molecule has 0 unspecified atom stereocenters. The molecule has 2 atom stereocenters. The SMILES string of the molecule is CCc1ccc(-c2nc(SCC(=O)N3C[C@@H](C)O[C@@H](C)C3)n[nH]2)cc1. The largest absolute Gasteiger partial charge is 0.372 e. The Hall–Kier alpha value is -1.86. The van der Waals surface area contributed by atoms with Gasteiger partial charge in [-0.15, -0.1) is 5.10 Å². The summed E-state index contributed by atoms with van der Waals surface area (Å²) in [5.74, 6) is 1.17. The van der Waals surface area contributed by atoms with Crippen LogP contribution in [0.4, 0.5) is 0 Å². The van der Waals surface area contributed by atoms with E-state index in [-0.39, 0.29) is 18.1 Å². The van der Waals surface area contributed by atoms with E-state index >= 15 is 0 Å². The lowest BCUT2D eigenvalue weighted by Gasteiger charge is -2.35. The quantitative estimate of drug-likeness (QED) is 0.830. The molecule has 0 radical (unpaired) electrons. The third kappa shape index (κ3) is 4.61. The maximum atomic E-state index is 12.4. The summed E-state index contributed by atoms with van der Waals surface area (Å²) in [4.78, 5) is 18.7. The molecule has 1 amide bonds. The van der Waals surface area contributed by atoms with E-state index in [9.17, 15) is 4.79 Å². The number of amides is 1. The van der Waals surface area contributed by atoms with Crippen LogP contribution in [0, 0.1) is 0 Å². The fraction of sp³-hybridized carbons (Fsp3) is 0.500. The Morgan fingerprint density at radius 3 is 2.60 bits per heavy atom. The van der Waals surface area contributed by atoms with E-state index in [1.807, 2.05) is 30.9 Å². The highest BCUT2D eigenvalue weighted by molar-refractivity contribution is 7.99. The van der Waals surface area contributed by atoms with Gasteiger partial charge < -0.3 is 9.64 Å². The summed E-state index contributed by atoms with van der Waals surface area (Å²) in [5.41, 5.74) is 2.29. The van der Waals surface area contributed by atoms with E-state index in [1.165, 1.54) is 17.3 Å². The lowest BCUT2D eigenvalue weighted by atomic mass is 10.1. The lowest BCUT2D eigenvalue weighted by molar-refractivity contribution is -0.140. The van der Waals surface area contributed by atoms with Crippen LogP contribution in [0.2, 0.25) is 0 Å².